The molecule has 0 saturated carbocycles. The number of carbonyl (C=O) groups excluding carboxylic acids is 3. The first-order chi connectivity index (χ1) is 18.2. The monoisotopic (exact) mass is 546 g/mol. The molecule has 5 rings (SSSR count). The molecule has 3 aliphatic heterocycles. The highest BCUT2D eigenvalue weighted by atomic mass is 32.1. The number of carboxylic acids is 1. The molecule has 38 heavy (non-hydrogen) atoms. The highest BCUT2D eigenvalue weighted by molar-refractivity contribution is 7.10. The van der Waals surface area contributed by atoms with Crippen molar-refractivity contribution in [3.05, 3.63) is 51.5 Å². The number of carboxylic acid groups (broad SMARTS) is 1. The Morgan fingerprint density at radius 2 is 2.08 bits per heavy atom. The molecule has 15 heteroatoms. The Hall–Kier alpha value is -3.69. The van der Waals surface area contributed by atoms with Crippen LogP contribution in [0.1, 0.15) is 33.8 Å². The van der Waals surface area contributed by atoms with E-state index < -0.39 is 60.7 Å². The van der Waals surface area contributed by atoms with Crippen LogP contribution in [0, 0.1) is 5.82 Å². The summed E-state index contributed by atoms with van der Waals surface area (Å²) < 4.78 is 24.8. The van der Waals surface area contributed by atoms with Gasteiger partial charge in [0.2, 0.25) is 5.91 Å². The van der Waals surface area contributed by atoms with Gasteiger partial charge in [0.25, 0.3) is 5.91 Å². The number of carbonyl (C=O) groups is 4. The summed E-state index contributed by atoms with van der Waals surface area (Å²) in [5.41, 5.74) is -0.407. The van der Waals surface area contributed by atoms with Crippen molar-refractivity contribution in [3.8, 4) is 5.75 Å². The van der Waals surface area contributed by atoms with Crippen LogP contribution in [0.2, 0.25) is 0 Å². The average Bonchev–Trinajstić information content (AvgIpc) is 3.50. The van der Waals surface area contributed by atoms with E-state index in [1.165, 1.54) is 22.3 Å². The summed E-state index contributed by atoms with van der Waals surface area (Å²) in [6, 6.07) is 3.96. The van der Waals surface area contributed by atoms with Gasteiger partial charge in [-0.2, -0.15) is 0 Å². The number of ether oxygens (including phenoxy) is 1. The van der Waals surface area contributed by atoms with Crippen LogP contribution in [-0.4, -0.2) is 88.8 Å². The van der Waals surface area contributed by atoms with Crippen molar-refractivity contribution in [2.75, 3.05) is 19.6 Å². The number of rotatable bonds is 6. The Morgan fingerprint density at radius 1 is 1.29 bits per heavy atom. The molecule has 4 heterocycles. The van der Waals surface area contributed by atoms with Gasteiger partial charge in [-0.3, -0.25) is 14.5 Å². The van der Waals surface area contributed by atoms with Crippen LogP contribution in [0.15, 0.2) is 29.6 Å². The maximum atomic E-state index is 14.0. The smallest absolute Gasteiger partial charge is 0.534 e. The molecule has 4 N–H and O–H groups in total. The first-order valence-corrected chi connectivity index (χ1v) is 12.8. The predicted molar refractivity (Wildman–Crippen MR) is 131 cm³/mol. The quantitative estimate of drug-likeness (QED) is 0.299. The van der Waals surface area contributed by atoms with Crippen LogP contribution in [0.25, 0.3) is 0 Å². The van der Waals surface area contributed by atoms with Crippen LogP contribution in [-0.2, 0) is 20.7 Å². The Kier molecular flexibility index (Phi) is 6.98. The summed E-state index contributed by atoms with van der Waals surface area (Å²) in [5.74, 6) is -4.69. The molecule has 3 aliphatic rings. The van der Waals surface area contributed by atoms with Crippen LogP contribution >= 0.6 is 11.3 Å². The second kappa shape index (κ2) is 10.2. The van der Waals surface area contributed by atoms with Crippen molar-refractivity contribution in [3.63, 3.8) is 0 Å². The lowest BCUT2D eigenvalue weighted by Gasteiger charge is -2.30. The summed E-state index contributed by atoms with van der Waals surface area (Å²) in [6.45, 7) is 2.87. The third-order valence-corrected chi connectivity index (χ3v) is 7.63. The number of amides is 4. The molecular formula is C23H24BFN4O8S. The Balaban J connectivity index is 1.32. The Bertz CT molecular complexity index is 1280. The third kappa shape index (κ3) is 4.79. The highest BCUT2D eigenvalue weighted by Crippen LogP contribution is 2.33. The van der Waals surface area contributed by atoms with Crippen LogP contribution in [0.4, 0.5) is 9.18 Å². The van der Waals surface area contributed by atoms with E-state index in [9.17, 15) is 33.7 Å². The first kappa shape index (κ1) is 25.9. The second-order valence-electron chi connectivity index (χ2n) is 9.00. The van der Waals surface area contributed by atoms with Gasteiger partial charge in [0, 0.05) is 24.5 Å². The molecule has 4 atom stereocenters. The van der Waals surface area contributed by atoms with E-state index in [2.05, 4.69) is 10.6 Å². The van der Waals surface area contributed by atoms with Gasteiger partial charge in [0.1, 0.15) is 23.2 Å². The molecule has 200 valence electrons. The topological polar surface area (TPSA) is 161 Å². The number of halogens is 1. The van der Waals surface area contributed by atoms with Gasteiger partial charge in [0.05, 0.1) is 5.94 Å². The summed E-state index contributed by atoms with van der Waals surface area (Å²) in [6.07, 6.45) is -1.47. The number of nitrogens with one attached hydrogen (secondary N) is 2. The minimum Gasteiger partial charge on any atom is -0.534 e. The third-order valence-electron chi connectivity index (χ3n) is 6.69. The van der Waals surface area contributed by atoms with Gasteiger partial charge >= 0.3 is 19.1 Å². The van der Waals surface area contributed by atoms with Crippen LogP contribution < -0.4 is 15.3 Å². The molecule has 3 unspecified atom stereocenters. The van der Waals surface area contributed by atoms with E-state index in [-0.39, 0.29) is 24.6 Å². The molecular weight excluding hydrogens is 522 g/mol. The lowest BCUT2D eigenvalue weighted by molar-refractivity contribution is -0.132. The fourth-order valence-corrected chi connectivity index (χ4v) is 5.43. The minimum absolute atomic E-state index is 0.0351. The standard InChI is InChI=1S/C23H24BFN4O8S/c1-2-28-7-8-29(21-18(36-21)20(28)31)23(34)27-16(13-4-3-9-38-13)19(30)26-14-10-11-5-6-12(25)15(22(32)33)17(11)37-24(14)35/h3-6,9,14,16,18,21,35H,2,7-8,10H2,1H3,(H,26,30)(H,27,34)(H,32,33)/t14-,16?,18?,21?/m0/s1. The molecule has 4 amide bonds. The molecule has 12 nitrogen and oxygen atoms in total. The molecule has 2 fully saturated rings. The molecule has 0 radical (unpaired) electrons. The van der Waals surface area contributed by atoms with Crippen molar-refractivity contribution >= 4 is 42.3 Å². The first-order valence-electron chi connectivity index (χ1n) is 11.9. The van der Waals surface area contributed by atoms with Gasteiger partial charge < -0.3 is 35.1 Å². The molecule has 1 aromatic carbocycles. The number of benzene rings is 1. The van der Waals surface area contributed by atoms with Gasteiger partial charge in [-0.05, 0) is 36.4 Å². The second-order valence-corrected chi connectivity index (χ2v) is 9.98. The zero-order valence-corrected chi connectivity index (χ0v) is 20.9. The summed E-state index contributed by atoms with van der Waals surface area (Å²) in [7, 11) is -1.66. The molecule has 2 saturated heterocycles. The van der Waals surface area contributed by atoms with Crippen molar-refractivity contribution in [1.82, 2.24) is 20.4 Å². The lowest BCUT2D eigenvalue weighted by atomic mass is 9.72. The van der Waals surface area contributed by atoms with E-state index in [4.69, 9.17) is 9.39 Å². The Labute approximate surface area is 220 Å². The number of nitrogens with zero attached hydrogens (tertiary/aromatic N) is 2. The molecule has 2 aromatic rings. The van der Waals surface area contributed by atoms with E-state index in [0.717, 1.165) is 6.07 Å². The average molecular weight is 546 g/mol. The Morgan fingerprint density at radius 3 is 2.76 bits per heavy atom. The highest BCUT2D eigenvalue weighted by Gasteiger charge is 2.54. The molecule has 1 aromatic heterocycles. The number of likely N-dealkylation sites (N-methyl/N-ethyl adjacent to an activating group) is 1. The summed E-state index contributed by atoms with van der Waals surface area (Å²) in [4.78, 5) is 54.0. The van der Waals surface area contributed by atoms with Crippen LogP contribution in [0.3, 0.4) is 0 Å². The molecule has 0 spiro atoms. The number of hydrogen-bond acceptors (Lipinski definition) is 8. The molecule has 0 bridgehead atoms. The van der Waals surface area contributed by atoms with E-state index in [0.29, 0.717) is 23.5 Å². The minimum atomic E-state index is -1.66. The van der Waals surface area contributed by atoms with Crippen LogP contribution in [0.5, 0.6) is 5.75 Å². The summed E-state index contributed by atoms with van der Waals surface area (Å²) in [5, 5.41) is 26.9. The predicted octanol–water partition coefficient (Wildman–Crippen LogP) is 0.365. The van der Waals surface area contributed by atoms with Crippen molar-refractivity contribution < 1.29 is 43.1 Å². The largest absolute Gasteiger partial charge is 0.547 e. The fraction of sp³-hybridized carbons (Fsp3) is 0.391. The van der Waals surface area contributed by atoms with E-state index >= 15 is 0 Å². The number of urea groups is 1. The van der Waals surface area contributed by atoms with Crippen molar-refractivity contribution in [2.45, 2.75) is 37.7 Å². The zero-order chi connectivity index (χ0) is 27.1. The molecule has 0 aliphatic carbocycles. The number of aromatic carboxylic acids is 1. The maximum Gasteiger partial charge on any atom is 0.547 e. The SMILES string of the molecule is CCN1CCN(C(=O)NC(C(=O)N[C@H]2Cc3ccc(F)c(C(=O)O)c3OB2O)c2cccs2)C2OC2C1=O. The zero-order valence-electron chi connectivity index (χ0n) is 20.1. The van der Waals surface area contributed by atoms with Gasteiger partial charge in [-0.1, -0.05) is 12.1 Å². The summed E-state index contributed by atoms with van der Waals surface area (Å²) >= 11 is 1.24. The number of thiophene rings is 1. The lowest BCUT2D eigenvalue weighted by Crippen LogP contribution is -2.56. The van der Waals surface area contributed by atoms with Crippen molar-refractivity contribution in [2.24, 2.45) is 0 Å². The number of fused-ring (bicyclic) bond motifs is 2. The van der Waals surface area contributed by atoms with Gasteiger partial charge in [0.15, 0.2) is 12.3 Å². The van der Waals surface area contributed by atoms with Crippen molar-refractivity contribution in [1.29, 1.82) is 0 Å². The fourth-order valence-electron chi connectivity index (χ4n) is 4.65. The van der Waals surface area contributed by atoms with Gasteiger partial charge in [-0.25, -0.2) is 14.0 Å². The number of hydrogen-bond donors (Lipinski definition) is 4. The van der Waals surface area contributed by atoms with E-state index in [1.807, 2.05) is 6.92 Å². The van der Waals surface area contributed by atoms with E-state index in [1.54, 1.807) is 22.4 Å². The van der Waals surface area contributed by atoms with Gasteiger partial charge in [-0.15, -0.1) is 11.3 Å². The maximum absolute atomic E-state index is 14.0. The normalized spacial score (nSPS) is 23.0. The number of epoxide rings is 1.